The predicted molar refractivity (Wildman–Crippen MR) is 72.0 cm³/mol. The normalized spacial score (nSPS) is 27.5. The zero-order valence-corrected chi connectivity index (χ0v) is 11.2. The lowest BCUT2D eigenvalue weighted by atomic mass is 9.88. The van der Waals surface area contributed by atoms with E-state index in [0.29, 0.717) is 12.5 Å². The summed E-state index contributed by atoms with van der Waals surface area (Å²) in [7, 11) is 0. The van der Waals surface area contributed by atoms with E-state index in [-0.39, 0.29) is 17.5 Å². The quantitative estimate of drug-likeness (QED) is 0.878. The standard InChI is InChI=1S/C15H18N2O3/c18-14(12-6-9-1-3-11(12)5-9)17-8-10-2-4-13(15(19)20)16-7-10/h2,4,7,9,11-12H,1,3,5-6,8H2,(H,17,18)(H,19,20). The number of pyridine rings is 1. The Morgan fingerprint density at radius 2 is 2.15 bits per heavy atom. The first-order valence-corrected chi connectivity index (χ1v) is 7.09. The highest BCUT2D eigenvalue weighted by atomic mass is 16.4. The second-order valence-electron chi connectivity index (χ2n) is 5.86. The van der Waals surface area contributed by atoms with Crippen molar-refractivity contribution in [2.24, 2.45) is 17.8 Å². The van der Waals surface area contributed by atoms with Crippen LogP contribution >= 0.6 is 0 Å². The number of carboxylic acid groups (broad SMARTS) is 1. The Morgan fingerprint density at radius 3 is 2.70 bits per heavy atom. The van der Waals surface area contributed by atoms with Gasteiger partial charge in [0.25, 0.3) is 0 Å². The maximum absolute atomic E-state index is 12.2. The van der Waals surface area contributed by atoms with Gasteiger partial charge in [-0.05, 0) is 42.7 Å². The average molecular weight is 274 g/mol. The van der Waals surface area contributed by atoms with Crippen LogP contribution in [0.3, 0.4) is 0 Å². The molecule has 0 aromatic carbocycles. The predicted octanol–water partition coefficient (Wildman–Crippen LogP) is 1.83. The van der Waals surface area contributed by atoms with Crippen LogP contribution in [0.25, 0.3) is 0 Å². The molecule has 106 valence electrons. The van der Waals surface area contributed by atoms with Gasteiger partial charge < -0.3 is 10.4 Å². The lowest BCUT2D eigenvalue weighted by Gasteiger charge is -2.20. The van der Waals surface area contributed by atoms with E-state index in [1.54, 1.807) is 6.07 Å². The van der Waals surface area contributed by atoms with Gasteiger partial charge in [0, 0.05) is 18.7 Å². The van der Waals surface area contributed by atoms with E-state index in [1.807, 2.05) is 0 Å². The highest BCUT2D eigenvalue weighted by Gasteiger charge is 2.42. The van der Waals surface area contributed by atoms with Crippen molar-refractivity contribution in [2.45, 2.75) is 32.2 Å². The summed E-state index contributed by atoms with van der Waals surface area (Å²) in [6, 6.07) is 3.15. The molecule has 2 N–H and O–H groups in total. The Morgan fingerprint density at radius 1 is 1.30 bits per heavy atom. The van der Waals surface area contributed by atoms with Crippen LogP contribution in [0, 0.1) is 17.8 Å². The Kier molecular flexibility index (Phi) is 3.42. The second-order valence-corrected chi connectivity index (χ2v) is 5.86. The highest BCUT2D eigenvalue weighted by Crippen LogP contribution is 2.48. The van der Waals surface area contributed by atoms with E-state index in [0.717, 1.165) is 17.9 Å². The van der Waals surface area contributed by atoms with Crippen molar-refractivity contribution in [3.8, 4) is 0 Å². The van der Waals surface area contributed by atoms with Gasteiger partial charge in [-0.15, -0.1) is 0 Å². The van der Waals surface area contributed by atoms with Gasteiger partial charge in [-0.3, -0.25) is 4.79 Å². The topological polar surface area (TPSA) is 79.3 Å². The van der Waals surface area contributed by atoms with Gasteiger partial charge in [0.1, 0.15) is 5.69 Å². The Labute approximate surface area is 117 Å². The molecule has 1 aromatic heterocycles. The van der Waals surface area contributed by atoms with Crippen molar-refractivity contribution in [1.82, 2.24) is 10.3 Å². The number of carboxylic acids is 1. The van der Waals surface area contributed by atoms with Gasteiger partial charge >= 0.3 is 5.97 Å². The fourth-order valence-corrected chi connectivity index (χ4v) is 3.54. The molecule has 2 aliphatic rings. The summed E-state index contributed by atoms with van der Waals surface area (Å²) >= 11 is 0. The van der Waals surface area contributed by atoms with Crippen LogP contribution in [0.4, 0.5) is 0 Å². The van der Waals surface area contributed by atoms with Crippen molar-refractivity contribution in [1.29, 1.82) is 0 Å². The van der Waals surface area contributed by atoms with Crippen LogP contribution in [0.1, 0.15) is 41.7 Å². The summed E-state index contributed by atoms with van der Waals surface area (Å²) in [5.41, 5.74) is 0.847. The molecule has 5 nitrogen and oxygen atoms in total. The maximum atomic E-state index is 12.2. The molecule has 2 saturated carbocycles. The molecule has 0 radical (unpaired) electrons. The van der Waals surface area contributed by atoms with Crippen LogP contribution in [-0.4, -0.2) is 22.0 Å². The number of amides is 1. The number of nitrogens with zero attached hydrogens (tertiary/aromatic N) is 1. The minimum Gasteiger partial charge on any atom is -0.477 e. The molecule has 3 rings (SSSR count). The van der Waals surface area contributed by atoms with E-state index >= 15 is 0 Å². The lowest BCUT2D eigenvalue weighted by Crippen LogP contribution is -2.33. The average Bonchev–Trinajstić information content (AvgIpc) is 3.08. The minimum atomic E-state index is -1.04. The van der Waals surface area contributed by atoms with Crippen LogP contribution in [0.15, 0.2) is 18.3 Å². The highest BCUT2D eigenvalue weighted by molar-refractivity contribution is 5.85. The van der Waals surface area contributed by atoms with Crippen LogP contribution in [0.5, 0.6) is 0 Å². The van der Waals surface area contributed by atoms with Crippen LogP contribution < -0.4 is 5.32 Å². The molecule has 0 saturated heterocycles. The number of rotatable bonds is 4. The molecule has 1 amide bonds. The molecule has 1 heterocycles. The summed E-state index contributed by atoms with van der Waals surface area (Å²) in [4.78, 5) is 26.7. The Hall–Kier alpha value is -1.91. The van der Waals surface area contributed by atoms with E-state index in [9.17, 15) is 9.59 Å². The first-order chi connectivity index (χ1) is 9.63. The number of aromatic carboxylic acids is 1. The van der Waals surface area contributed by atoms with E-state index in [4.69, 9.17) is 5.11 Å². The smallest absolute Gasteiger partial charge is 0.354 e. The van der Waals surface area contributed by atoms with Crippen molar-refractivity contribution in [2.75, 3.05) is 0 Å². The Balaban J connectivity index is 1.54. The SMILES string of the molecule is O=C(O)c1ccc(CNC(=O)C2CC3CCC2C3)cn1. The van der Waals surface area contributed by atoms with Crippen molar-refractivity contribution >= 4 is 11.9 Å². The summed E-state index contributed by atoms with van der Waals surface area (Å²) in [6.45, 7) is 0.416. The van der Waals surface area contributed by atoms with E-state index in [2.05, 4.69) is 10.3 Å². The molecule has 5 heteroatoms. The van der Waals surface area contributed by atoms with Gasteiger partial charge in [0.15, 0.2) is 0 Å². The first kappa shape index (κ1) is 13.1. The van der Waals surface area contributed by atoms with Gasteiger partial charge in [0.05, 0.1) is 0 Å². The minimum absolute atomic E-state index is 0.0215. The van der Waals surface area contributed by atoms with Crippen molar-refractivity contribution in [3.63, 3.8) is 0 Å². The molecular formula is C15H18N2O3. The van der Waals surface area contributed by atoms with Crippen LogP contribution in [-0.2, 0) is 11.3 Å². The number of carbonyl (C=O) groups excluding carboxylic acids is 1. The fourth-order valence-electron chi connectivity index (χ4n) is 3.54. The number of carbonyl (C=O) groups is 2. The van der Waals surface area contributed by atoms with Gasteiger partial charge in [-0.1, -0.05) is 12.5 Å². The number of hydrogen-bond acceptors (Lipinski definition) is 3. The summed E-state index contributed by atoms with van der Waals surface area (Å²) in [5, 5.41) is 11.7. The van der Waals surface area contributed by atoms with Gasteiger partial charge in [0.2, 0.25) is 5.91 Å². The third-order valence-electron chi connectivity index (χ3n) is 4.59. The molecule has 2 bridgehead atoms. The molecule has 2 fully saturated rings. The van der Waals surface area contributed by atoms with Crippen molar-refractivity contribution < 1.29 is 14.7 Å². The van der Waals surface area contributed by atoms with Crippen LogP contribution in [0.2, 0.25) is 0 Å². The summed E-state index contributed by atoms with van der Waals surface area (Å²) in [6.07, 6.45) is 6.23. The third-order valence-corrected chi connectivity index (χ3v) is 4.59. The lowest BCUT2D eigenvalue weighted by molar-refractivity contribution is -0.126. The van der Waals surface area contributed by atoms with Gasteiger partial charge in [-0.2, -0.15) is 0 Å². The monoisotopic (exact) mass is 274 g/mol. The number of fused-ring (bicyclic) bond motifs is 2. The van der Waals surface area contributed by atoms with E-state index < -0.39 is 5.97 Å². The second kappa shape index (κ2) is 5.23. The van der Waals surface area contributed by atoms with Crippen molar-refractivity contribution in [3.05, 3.63) is 29.6 Å². The maximum Gasteiger partial charge on any atom is 0.354 e. The molecule has 3 unspecified atom stereocenters. The largest absolute Gasteiger partial charge is 0.477 e. The molecule has 3 atom stereocenters. The number of nitrogens with one attached hydrogen (secondary N) is 1. The molecule has 1 aromatic rings. The number of hydrogen-bond donors (Lipinski definition) is 2. The first-order valence-electron chi connectivity index (χ1n) is 7.09. The van der Waals surface area contributed by atoms with E-state index in [1.165, 1.54) is 31.5 Å². The Bertz CT molecular complexity index is 526. The molecule has 20 heavy (non-hydrogen) atoms. The molecule has 0 aliphatic heterocycles. The zero-order valence-electron chi connectivity index (χ0n) is 11.2. The zero-order chi connectivity index (χ0) is 14.1. The fraction of sp³-hybridized carbons (Fsp3) is 0.533. The summed E-state index contributed by atoms with van der Waals surface area (Å²) in [5.74, 6) is 0.613. The van der Waals surface area contributed by atoms with Gasteiger partial charge in [-0.25, -0.2) is 9.78 Å². The third kappa shape index (κ3) is 2.53. The molecule has 2 aliphatic carbocycles. The number of aromatic nitrogens is 1. The summed E-state index contributed by atoms with van der Waals surface area (Å²) < 4.78 is 0. The molecule has 0 spiro atoms. The molecular weight excluding hydrogens is 256 g/mol.